The number of halogens is 3. The number of nitrogens with zero attached hydrogens (tertiary/aromatic N) is 2. The zero-order valence-corrected chi connectivity index (χ0v) is 12.7. The standard InChI is InChI=1S/C17H13F3N2O2/c1-10-2-4-11(5-3-10)12-8-14-15(21-9-12)22-16(24-14)13(23)6-7-17(18,19)20/h2-5,8-9H,6-7H2,1H3. The lowest BCUT2D eigenvalue weighted by Crippen LogP contribution is -2.11. The molecular formula is C17H13F3N2O2. The van der Waals surface area contributed by atoms with Crippen LogP contribution in [0.3, 0.4) is 0 Å². The summed E-state index contributed by atoms with van der Waals surface area (Å²) in [5, 5.41) is 0. The molecule has 1 aromatic carbocycles. The van der Waals surface area contributed by atoms with Crippen LogP contribution in [0.15, 0.2) is 40.9 Å². The normalized spacial score (nSPS) is 11.8. The van der Waals surface area contributed by atoms with Gasteiger partial charge in [-0.1, -0.05) is 29.8 Å². The van der Waals surface area contributed by atoms with Crippen molar-refractivity contribution in [1.29, 1.82) is 0 Å². The van der Waals surface area contributed by atoms with Gasteiger partial charge in [-0.3, -0.25) is 4.79 Å². The van der Waals surface area contributed by atoms with Crippen molar-refractivity contribution in [3.63, 3.8) is 0 Å². The Morgan fingerprint density at radius 1 is 1.17 bits per heavy atom. The number of aryl methyl sites for hydroxylation is 1. The molecule has 2 aromatic heterocycles. The Morgan fingerprint density at radius 3 is 2.54 bits per heavy atom. The van der Waals surface area contributed by atoms with Crippen molar-refractivity contribution in [3.8, 4) is 11.1 Å². The third-order valence-corrected chi connectivity index (χ3v) is 3.51. The number of carbonyl (C=O) groups excluding carboxylic acids is 1. The largest absolute Gasteiger partial charge is 0.432 e. The molecule has 0 saturated carbocycles. The Morgan fingerprint density at radius 2 is 1.88 bits per heavy atom. The van der Waals surface area contributed by atoms with E-state index in [0.29, 0.717) is 0 Å². The second kappa shape index (κ2) is 6.07. The number of hydrogen-bond donors (Lipinski definition) is 0. The number of carbonyl (C=O) groups is 1. The van der Waals surface area contributed by atoms with Crippen LogP contribution in [0.25, 0.3) is 22.4 Å². The predicted octanol–water partition coefficient (Wildman–Crippen LogP) is 4.72. The highest BCUT2D eigenvalue weighted by Gasteiger charge is 2.29. The van der Waals surface area contributed by atoms with E-state index in [1.165, 1.54) is 0 Å². The van der Waals surface area contributed by atoms with Crippen LogP contribution in [0.5, 0.6) is 0 Å². The first-order valence-corrected chi connectivity index (χ1v) is 7.25. The van der Waals surface area contributed by atoms with E-state index in [1.54, 1.807) is 12.3 Å². The van der Waals surface area contributed by atoms with Crippen LogP contribution in [0, 0.1) is 6.92 Å². The van der Waals surface area contributed by atoms with Crippen LogP contribution in [0.2, 0.25) is 0 Å². The van der Waals surface area contributed by atoms with Crippen LogP contribution in [0.1, 0.15) is 29.1 Å². The van der Waals surface area contributed by atoms with Gasteiger partial charge in [0, 0.05) is 18.2 Å². The minimum atomic E-state index is -4.39. The van der Waals surface area contributed by atoms with Gasteiger partial charge in [-0.05, 0) is 18.6 Å². The molecule has 0 bridgehead atoms. The molecule has 2 heterocycles. The quantitative estimate of drug-likeness (QED) is 0.648. The van der Waals surface area contributed by atoms with Gasteiger partial charge in [0.15, 0.2) is 11.2 Å². The number of fused-ring (bicyclic) bond motifs is 1. The van der Waals surface area contributed by atoms with E-state index in [0.717, 1.165) is 16.7 Å². The second-order valence-corrected chi connectivity index (χ2v) is 5.47. The SMILES string of the molecule is Cc1ccc(-c2cnc3nc(C(=O)CCC(F)(F)F)oc3c2)cc1. The molecule has 24 heavy (non-hydrogen) atoms. The van der Waals surface area contributed by atoms with Gasteiger partial charge in [-0.15, -0.1) is 0 Å². The minimum Gasteiger partial charge on any atom is -0.432 e. The van der Waals surface area contributed by atoms with Crippen molar-refractivity contribution in [2.75, 3.05) is 0 Å². The van der Waals surface area contributed by atoms with Gasteiger partial charge in [0.1, 0.15) is 0 Å². The number of rotatable bonds is 4. The number of Topliss-reactive ketones (excluding diaryl/α,β-unsaturated/α-hetero) is 1. The fourth-order valence-electron chi connectivity index (χ4n) is 2.20. The fourth-order valence-corrected chi connectivity index (χ4v) is 2.20. The third-order valence-electron chi connectivity index (χ3n) is 3.51. The van der Waals surface area contributed by atoms with Gasteiger partial charge in [0.25, 0.3) is 5.89 Å². The molecule has 0 amide bonds. The average molecular weight is 334 g/mol. The summed E-state index contributed by atoms with van der Waals surface area (Å²) < 4.78 is 41.9. The first-order chi connectivity index (χ1) is 11.3. The maximum atomic E-state index is 12.2. The Balaban J connectivity index is 1.86. The van der Waals surface area contributed by atoms with E-state index in [9.17, 15) is 18.0 Å². The van der Waals surface area contributed by atoms with Gasteiger partial charge < -0.3 is 4.42 Å². The lowest BCUT2D eigenvalue weighted by Gasteiger charge is -2.02. The molecule has 4 nitrogen and oxygen atoms in total. The molecule has 0 aliphatic heterocycles. The smallest absolute Gasteiger partial charge is 0.389 e. The molecule has 3 aromatic rings. The van der Waals surface area contributed by atoms with E-state index in [-0.39, 0.29) is 17.1 Å². The summed E-state index contributed by atoms with van der Waals surface area (Å²) in [6.45, 7) is 1.97. The lowest BCUT2D eigenvalue weighted by atomic mass is 10.1. The molecule has 0 atom stereocenters. The van der Waals surface area contributed by atoms with E-state index >= 15 is 0 Å². The summed E-state index contributed by atoms with van der Waals surface area (Å²) in [5.74, 6) is -1.13. The van der Waals surface area contributed by atoms with Crippen LogP contribution in [-0.2, 0) is 0 Å². The van der Waals surface area contributed by atoms with Crippen molar-refractivity contribution >= 4 is 17.0 Å². The van der Waals surface area contributed by atoms with Crippen LogP contribution in [-0.4, -0.2) is 21.9 Å². The van der Waals surface area contributed by atoms with Crippen molar-refractivity contribution in [2.24, 2.45) is 0 Å². The van der Waals surface area contributed by atoms with Gasteiger partial charge >= 0.3 is 6.18 Å². The molecule has 0 unspecified atom stereocenters. The molecule has 0 radical (unpaired) electrons. The summed E-state index contributed by atoms with van der Waals surface area (Å²) >= 11 is 0. The number of ketones is 1. The summed E-state index contributed by atoms with van der Waals surface area (Å²) in [5.41, 5.74) is 3.26. The third kappa shape index (κ3) is 3.61. The zero-order chi connectivity index (χ0) is 17.3. The Labute approximate surface area is 135 Å². The van der Waals surface area contributed by atoms with Gasteiger partial charge in [0.05, 0.1) is 6.42 Å². The topological polar surface area (TPSA) is 56.0 Å². The van der Waals surface area contributed by atoms with Crippen molar-refractivity contribution < 1.29 is 22.4 Å². The van der Waals surface area contributed by atoms with E-state index in [1.807, 2.05) is 31.2 Å². The molecule has 0 saturated heterocycles. The Hall–Kier alpha value is -2.70. The molecule has 0 aliphatic carbocycles. The maximum absolute atomic E-state index is 12.2. The Kier molecular flexibility index (Phi) is 4.09. The van der Waals surface area contributed by atoms with Crippen molar-refractivity contribution in [3.05, 3.63) is 48.0 Å². The highest BCUT2D eigenvalue weighted by molar-refractivity contribution is 5.94. The molecular weight excluding hydrogens is 321 g/mol. The van der Waals surface area contributed by atoms with E-state index in [2.05, 4.69) is 9.97 Å². The molecule has 124 valence electrons. The fraction of sp³-hybridized carbons (Fsp3) is 0.235. The van der Waals surface area contributed by atoms with Crippen LogP contribution < -0.4 is 0 Å². The zero-order valence-electron chi connectivity index (χ0n) is 12.7. The number of aromatic nitrogens is 2. The van der Waals surface area contributed by atoms with Gasteiger partial charge in [0.2, 0.25) is 5.78 Å². The highest BCUT2D eigenvalue weighted by Crippen LogP contribution is 2.26. The summed E-state index contributed by atoms with van der Waals surface area (Å²) in [6.07, 6.45) is -4.70. The van der Waals surface area contributed by atoms with Crippen molar-refractivity contribution in [2.45, 2.75) is 25.9 Å². The number of oxazole rings is 1. The van der Waals surface area contributed by atoms with E-state index in [4.69, 9.17) is 4.42 Å². The summed E-state index contributed by atoms with van der Waals surface area (Å²) in [7, 11) is 0. The second-order valence-electron chi connectivity index (χ2n) is 5.47. The molecule has 0 spiro atoms. The van der Waals surface area contributed by atoms with Crippen LogP contribution >= 0.6 is 0 Å². The number of benzene rings is 1. The predicted molar refractivity (Wildman–Crippen MR) is 81.6 cm³/mol. The molecule has 0 fully saturated rings. The first-order valence-electron chi connectivity index (χ1n) is 7.25. The molecule has 3 rings (SSSR count). The number of alkyl halides is 3. The first kappa shape index (κ1) is 16.2. The lowest BCUT2D eigenvalue weighted by molar-refractivity contribution is -0.133. The molecule has 0 aliphatic rings. The van der Waals surface area contributed by atoms with Gasteiger partial charge in [-0.2, -0.15) is 18.2 Å². The monoisotopic (exact) mass is 334 g/mol. The molecule has 0 N–H and O–H groups in total. The average Bonchev–Trinajstić information content (AvgIpc) is 2.95. The molecule has 7 heteroatoms. The summed E-state index contributed by atoms with van der Waals surface area (Å²) in [4.78, 5) is 19.7. The van der Waals surface area contributed by atoms with Crippen LogP contribution in [0.4, 0.5) is 13.2 Å². The van der Waals surface area contributed by atoms with Gasteiger partial charge in [-0.25, -0.2) is 4.98 Å². The summed E-state index contributed by atoms with van der Waals surface area (Å²) in [6, 6.07) is 9.41. The van der Waals surface area contributed by atoms with Crippen molar-refractivity contribution in [1.82, 2.24) is 9.97 Å². The number of pyridine rings is 1. The maximum Gasteiger partial charge on any atom is 0.389 e. The van der Waals surface area contributed by atoms with E-state index < -0.39 is 24.8 Å². The highest BCUT2D eigenvalue weighted by atomic mass is 19.4. The Bertz CT molecular complexity index is 883. The minimum absolute atomic E-state index is 0.196. The number of hydrogen-bond acceptors (Lipinski definition) is 4.